The molecule has 0 bridgehead atoms. The third-order valence-electron chi connectivity index (χ3n) is 5.73. The Bertz CT molecular complexity index is 1010. The Labute approximate surface area is 166 Å². The molecule has 0 aromatic heterocycles. The molecular formula is C22H26N2O3S. The van der Waals surface area contributed by atoms with Gasteiger partial charge >= 0.3 is 0 Å². The molecule has 1 atom stereocenters. The minimum atomic E-state index is -3.71. The third kappa shape index (κ3) is 3.30. The molecule has 6 heteroatoms. The molecule has 2 heterocycles. The molecule has 0 saturated heterocycles. The normalized spacial score (nSPS) is 18.3. The molecule has 0 unspecified atom stereocenters. The maximum absolute atomic E-state index is 13.0. The van der Waals surface area contributed by atoms with E-state index in [1.165, 1.54) is 5.56 Å². The van der Waals surface area contributed by atoms with Crippen LogP contribution in [0.3, 0.4) is 0 Å². The molecule has 0 spiro atoms. The van der Waals surface area contributed by atoms with Crippen LogP contribution in [-0.2, 0) is 27.7 Å². The lowest BCUT2D eigenvalue weighted by Crippen LogP contribution is -2.32. The number of hydrogen-bond donors (Lipinski definition) is 1. The summed E-state index contributed by atoms with van der Waals surface area (Å²) in [6.45, 7) is 4.73. The second kappa shape index (κ2) is 7.24. The number of nitrogens with zero attached hydrogens (tertiary/aromatic N) is 1. The number of amides is 1. The molecule has 148 valence electrons. The Morgan fingerprint density at radius 3 is 2.64 bits per heavy atom. The summed E-state index contributed by atoms with van der Waals surface area (Å²) in [6, 6.07) is 11.0. The molecule has 2 aliphatic heterocycles. The fourth-order valence-corrected chi connectivity index (χ4v) is 5.30. The van der Waals surface area contributed by atoms with Gasteiger partial charge in [-0.15, -0.1) is 0 Å². The Balaban J connectivity index is 1.63. The number of hydrogen-bond acceptors (Lipinski definition) is 3. The maximum Gasteiger partial charge on any atom is 0.261 e. The predicted molar refractivity (Wildman–Crippen MR) is 111 cm³/mol. The molecule has 0 fully saturated rings. The largest absolute Gasteiger partial charge is 0.311 e. The molecule has 2 aromatic rings. The molecule has 1 amide bonds. The van der Waals surface area contributed by atoms with Crippen LogP contribution in [0.25, 0.3) is 0 Å². The number of carbonyl (C=O) groups excluding carboxylic acids is 1. The van der Waals surface area contributed by atoms with Gasteiger partial charge < -0.3 is 4.90 Å². The zero-order valence-electron chi connectivity index (χ0n) is 16.4. The van der Waals surface area contributed by atoms with Gasteiger partial charge in [0.2, 0.25) is 5.91 Å². The molecule has 28 heavy (non-hydrogen) atoms. The first kappa shape index (κ1) is 19.0. The van der Waals surface area contributed by atoms with Gasteiger partial charge in [0.25, 0.3) is 10.0 Å². The van der Waals surface area contributed by atoms with Crippen LogP contribution in [0.5, 0.6) is 0 Å². The van der Waals surface area contributed by atoms with Crippen LogP contribution in [0.2, 0.25) is 0 Å². The van der Waals surface area contributed by atoms with Crippen molar-refractivity contribution >= 4 is 27.3 Å². The van der Waals surface area contributed by atoms with Crippen molar-refractivity contribution in [1.82, 2.24) is 0 Å². The highest BCUT2D eigenvalue weighted by Gasteiger charge is 2.38. The second-order valence-corrected chi connectivity index (χ2v) is 9.42. The van der Waals surface area contributed by atoms with Crippen LogP contribution in [0.15, 0.2) is 41.3 Å². The highest BCUT2D eigenvalue weighted by Crippen LogP contribution is 2.44. The first-order valence-electron chi connectivity index (χ1n) is 10.0. The van der Waals surface area contributed by atoms with E-state index in [4.69, 9.17) is 0 Å². The minimum absolute atomic E-state index is 0.0705. The standard InChI is InChI=1S/C22H26N2O3S/c1-3-4-6-16-8-10-18(11-9-16)23-28(26,27)19-13-17-7-5-12-24-21(17)20(14-19)15(2)22(24)25/h8-11,13-15,23H,3-7,12H2,1-2H3/t15-/m0/s1. The van der Waals surface area contributed by atoms with E-state index in [1.54, 1.807) is 12.1 Å². The van der Waals surface area contributed by atoms with E-state index in [9.17, 15) is 13.2 Å². The number of nitrogens with one attached hydrogen (secondary N) is 1. The first-order valence-corrected chi connectivity index (χ1v) is 11.5. The Morgan fingerprint density at radius 1 is 1.18 bits per heavy atom. The number of sulfonamides is 1. The molecule has 0 radical (unpaired) electrons. The van der Waals surface area contributed by atoms with Crippen LogP contribution >= 0.6 is 0 Å². The van der Waals surface area contributed by atoms with Crippen LogP contribution in [0.1, 0.15) is 55.7 Å². The van der Waals surface area contributed by atoms with Crippen molar-refractivity contribution in [2.75, 3.05) is 16.2 Å². The first-order chi connectivity index (χ1) is 13.4. The zero-order chi connectivity index (χ0) is 19.9. The summed E-state index contributed by atoms with van der Waals surface area (Å²) < 4.78 is 28.7. The Kier molecular flexibility index (Phi) is 4.91. The third-order valence-corrected chi connectivity index (χ3v) is 7.09. The van der Waals surface area contributed by atoms with Gasteiger partial charge in [-0.2, -0.15) is 0 Å². The van der Waals surface area contributed by atoms with E-state index in [0.717, 1.165) is 55.5 Å². The zero-order valence-corrected chi connectivity index (χ0v) is 17.2. The molecule has 2 aromatic carbocycles. The molecule has 4 rings (SSSR count). The molecule has 5 nitrogen and oxygen atoms in total. The van der Waals surface area contributed by atoms with Crippen LogP contribution in [0, 0.1) is 0 Å². The number of carbonyl (C=O) groups is 1. The molecule has 1 N–H and O–H groups in total. The highest BCUT2D eigenvalue weighted by molar-refractivity contribution is 7.92. The number of anilines is 2. The van der Waals surface area contributed by atoms with Gasteiger partial charge in [0.05, 0.1) is 16.5 Å². The Morgan fingerprint density at radius 2 is 1.93 bits per heavy atom. The van der Waals surface area contributed by atoms with Crippen molar-refractivity contribution in [3.05, 3.63) is 53.1 Å². The number of benzene rings is 2. The summed E-state index contributed by atoms with van der Waals surface area (Å²) in [5.41, 5.74) is 4.48. The van der Waals surface area contributed by atoms with Gasteiger partial charge in [-0.25, -0.2) is 8.42 Å². The van der Waals surface area contributed by atoms with Crippen LogP contribution in [0.4, 0.5) is 11.4 Å². The second-order valence-electron chi connectivity index (χ2n) is 7.74. The van der Waals surface area contributed by atoms with E-state index in [2.05, 4.69) is 11.6 Å². The van der Waals surface area contributed by atoms with Crippen molar-refractivity contribution in [2.45, 2.75) is 56.8 Å². The fourth-order valence-electron chi connectivity index (χ4n) is 4.15. The summed E-state index contributed by atoms with van der Waals surface area (Å²) in [4.78, 5) is 14.6. The lowest BCUT2D eigenvalue weighted by Gasteiger charge is -2.26. The van der Waals surface area contributed by atoms with Crippen molar-refractivity contribution < 1.29 is 13.2 Å². The van der Waals surface area contributed by atoms with Gasteiger partial charge in [-0.3, -0.25) is 9.52 Å². The topological polar surface area (TPSA) is 66.5 Å². The fraction of sp³-hybridized carbons (Fsp3) is 0.409. The van der Waals surface area contributed by atoms with Crippen molar-refractivity contribution in [2.24, 2.45) is 0 Å². The van der Waals surface area contributed by atoms with Crippen LogP contribution < -0.4 is 9.62 Å². The summed E-state index contributed by atoms with van der Waals surface area (Å²) in [7, 11) is -3.71. The van der Waals surface area contributed by atoms with E-state index in [0.29, 0.717) is 5.69 Å². The van der Waals surface area contributed by atoms with Crippen molar-refractivity contribution in [1.29, 1.82) is 0 Å². The lowest BCUT2D eigenvalue weighted by atomic mass is 9.97. The number of aryl methyl sites for hydroxylation is 2. The van der Waals surface area contributed by atoms with Gasteiger partial charge in [0.15, 0.2) is 0 Å². The summed E-state index contributed by atoms with van der Waals surface area (Å²) in [5.74, 6) is -0.221. The summed E-state index contributed by atoms with van der Waals surface area (Å²) >= 11 is 0. The smallest absolute Gasteiger partial charge is 0.261 e. The molecule has 0 aliphatic carbocycles. The number of unbranched alkanes of at least 4 members (excludes halogenated alkanes) is 1. The van der Waals surface area contributed by atoms with E-state index < -0.39 is 10.0 Å². The van der Waals surface area contributed by atoms with Gasteiger partial charge in [0, 0.05) is 12.2 Å². The van der Waals surface area contributed by atoms with Gasteiger partial charge in [-0.1, -0.05) is 25.5 Å². The lowest BCUT2D eigenvalue weighted by molar-refractivity contribution is -0.119. The SMILES string of the molecule is CCCCc1ccc(NS(=O)(=O)c2cc3c4c(c2)[C@H](C)C(=O)N4CCC3)cc1. The van der Waals surface area contributed by atoms with E-state index in [-0.39, 0.29) is 16.7 Å². The quantitative estimate of drug-likeness (QED) is 0.792. The summed E-state index contributed by atoms with van der Waals surface area (Å²) in [6.07, 6.45) is 4.92. The minimum Gasteiger partial charge on any atom is -0.311 e. The van der Waals surface area contributed by atoms with Crippen LogP contribution in [-0.4, -0.2) is 20.9 Å². The average Bonchev–Trinajstić information content (AvgIpc) is 2.94. The van der Waals surface area contributed by atoms with Gasteiger partial charge in [-0.05, 0) is 73.6 Å². The van der Waals surface area contributed by atoms with E-state index >= 15 is 0 Å². The van der Waals surface area contributed by atoms with Gasteiger partial charge in [0.1, 0.15) is 0 Å². The Hall–Kier alpha value is -2.34. The predicted octanol–water partition coefficient (Wildman–Crippen LogP) is 4.23. The molecular weight excluding hydrogens is 372 g/mol. The number of rotatable bonds is 6. The van der Waals surface area contributed by atoms with Crippen molar-refractivity contribution in [3.8, 4) is 0 Å². The maximum atomic E-state index is 13.0. The van der Waals surface area contributed by atoms with Crippen molar-refractivity contribution in [3.63, 3.8) is 0 Å². The highest BCUT2D eigenvalue weighted by atomic mass is 32.2. The summed E-state index contributed by atoms with van der Waals surface area (Å²) in [5, 5.41) is 0. The average molecular weight is 399 g/mol. The van der Waals surface area contributed by atoms with E-state index in [1.807, 2.05) is 36.1 Å². The monoisotopic (exact) mass is 398 g/mol. The molecule has 2 aliphatic rings. The molecule has 0 saturated carbocycles.